The zero-order valence-electron chi connectivity index (χ0n) is 10.6. The highest BCUT2D eigenvalue weighted by Crippen LogP contribution is 2.31. The molecule has 7 nitrogen and oxygen atoms in total. The van der Waals surface area contributed by atoms with Crippen molar-refractivity contribution in [1.82, 2.24) is 29.8 Å². The fourth-order valence-corrected chi connectivity index (χ4v) is 3.39. The Labute approximate surface area is 123 Å². The lowest BCUT2D eigenvalue weighted by molar-refractivity contribution is 0.832. The number of anilines is 1. The molecular formula is C11H11N7S2. The van der Waals surface area contributed by atoms with Crippen LogP contribution >= 0.6 is 23.1 Å². The molecule has 0 saturated carbocycles. The molecule has 0 amide bonds. The first-order valence-corrected chi connectivity index (χ1v) is 7.43. The van der Waals surface area contributed by atoms with Crippen LogP contribution in [0.1, 0.15) is 5.69 Å². The average molecular weight is 305 g/mol. The minimum absolute atomic E-state index is 0.585. The first-order valence-electron chi connectivity index (χ1n) is 5.80. The highest BCUT2D eigenvalue weighted by Gasteiger charge is 2.11. The van der Waals surface area contributed by atoms with Crippen LogP contribution in [0.5, 0.6) is 0 Å². The molecule has 0 saturated heterocycles. The lowest BCUT2D eigenvalue weighted by Crippen LogP contribution is -1.96. The smallest absolute Gasteiger partial charge is 0.253 e. The summed E-state index contributed by atoms with van der Waals surface area (Å²) in [6, 6.07) is 1.95. The Morgan fingerprint density at radius 3 is 3.25 bits per heavy atom. The molecule has 0 fully saturated rings. The summed E-state index contributed by atoms with van der Waals surface area (Å²) in [7, 11) is 0. The summed E-state index contributed by atoms with van der Waals surface area (Å²) in [5, 5.41) is 17.2. The topological polar surface area (TPSA) is 80.9 Å². The van der Waals surface area contributed by atoms with E-state index >= 15 is 0 Å². The number of nitrogens with zero attached hydrogens (tertiary/aromatic N) is 6. The van der Waals surface area contributed by atoms with Crippen molar-refractivity contribution < 1.29 is 0 Å². The van der Waals surface area contributed by atoms with Crippen molar-refractivity contribution in [2.45, 2.75) is 16.3 Å². The van der Waals surface area contributed by atoms with Crippen LogP contribution in [0.2, 0.25) is 0 Å². The molecule has 9 heteroatoms. The van der Waals surface area contributed by atoms with E-state index in [9.17, 15) is 0 Å². The quantitative estimate of drug-likeness (QED) is 0.570. The van der Waals surface area contributed by atoms with Gasteiger partial charge in [0.25, 0.3) is 5.78 Å². The van der Waals surface area contributed by atoms with Crippen LogP contribution in [0.25, 0.3) is 5.78 Å². The van der Waals surface area contributed by atoms with Crippen molar-refractivity contribution in [2.75, 3.05) is 11.9 Å². The van der Waals surface area contributed by atoms with Crippen LogP contribution in [-0.4, -0.2) is 36.3 Å². The number of hydrogen-bond acceptors (Lipinski definition) is 8. The van der Waals surface area contributed by atoms with Gasteiger partial charge in [0.1, 0.15) is 11.4 Å². The summed E-state index contributed by atoms with van der Waals surface area (Å²) in [6.45, 7) is 6.25. The van der Waals surface area contributed by atoms with Gasteiger partial charge in [0, 0.05) is 12.2 Å². The van der Waals surface area contributed by atoms with Crippen LogP contribution < -0.4 is 5.32 Å². The highest BCUT2D eigenvalue weighted by atomic mass is 32.2. The van der Waals surface area contributed by atoms with Gasteiger partial charge in [-0.3, -0.25) is 0 Å². The van der Waals surface area contributed by atoms with Crippen molar-refractivity contribution in [3.8, 4) is 0 Å². The molecule has 3 heterocycles. The van der Waals surface area contributed by atoms with Gasteiger partial charge in [-0.1, -0.05) is 17.4 Å². The fourth-order valence-electron chi connectivity index (χ4n) is 1.54. The standard InChI is InChI=1S/C11H11N7S2/c1-3-4-12-10-16-17-11(20-10)19-8-5-7(2)15-9-13-6-14-18(8)9/h3,5-6H,1,4H2,2H3,(H,12,16). The van der Waals surface area contributed by atoms with Crippen molar-refractivity contribution in [3.63, 3.8) is 0 Å². The Morgan fingerprint density at radius 1 is 1.50 bits per heavy atom. The van der Waals surface area contributed by atoms with Crippen LogP contribution in [0.15, 0.2) is 34.4 Å². The van der Waals surface area contributed by atoms with Gasteiger partial charge in [-0.2, -0.15) is 14.6 Å². The molecule has 3 aromatic heterocycles. The number of nitrogens with one attached hydrogen (secondary N) is 1. The van der Waals surface area contributed by atoms with Crippen LogP contribution in [0, 0.1) is 6.92 Å². The molecule has 0 bridgehead atoms. The van der Waals surface area contributed by atoms with Crippen molar-refractivity contribution in [2.24, 2.45) is 0 Å². The summed E-state index contributed by atoms with van der Waals surface area (Å²) in [4.78, 5) is 8.40. The van der Waals surface area contributed by atoms with Crippen molar-refractivity contribution >= 4 is 34.0 Å². The first kappa shape index (κ1) is 13.0. The van der Waals surface area contributed by atoms with Gasteiger partial charge in [0.2, 0.25) is 5.13 Å². The molecule has 0 unspecified atom stereocenters. The van der Waals surface area contributed by atoms with Gasteiger partial charge in [0.15, 0.2) is 4.34 Å². The summed E-state index contributed by atoms with van der Waals surface area (Å²) in [6.07, 6.45) is 3.27. The van der Waals surface area contributed by atoms with E-state index in [1.165, 1.54) is 29.4 Å². The molecular weight excluding hydrogens is 294 g/mol. The predicted molar refractivity (Wildman–Crippen MR) is 78.2 cm³/mol. The summed E-state index contributed by atoms with van der Waals surface area (Å²) in [5.41, 5.74) is 0.891. The average Bonchev–Trinajstić information content (AvgIpc) is 3.05. The summed E-state index contributed by atoms with van der Waals surface area (Å²) >= 11 is 2.97. The minimum Gasteiger partial charge on any atom is -0.357 e. The fraction of sp³-hybridized carbons (Fsp3) is 0.182. The SMILES string of the molecule is C=CCNc1nnc(Sc2cc(C)nc3ncnn23)s1. The minimum atomic E-state index is 0.585. The maximum Gasteiger partial charge on any atom is 0.253 e. The maximum absolute atomic E-state index is 4.30. The molecule has 0 aliphatic carbocycles. The molecule has 0 spiro atoms. The maximum atomic E-state index is 4.30. The summed E-state index contributed by atoms with van der Waals surface area (Å²) in [5.74, 6) is 0.585. The Morgan fingerprint density at radius 2 is 2.40 bits per heavy atom. The van der Waals surface area contributed by atoms with Gasteiger partial charge < -0.3 is 5.32 Å². The van der Waals surface area contributed by atoms with Gasteiger partial charge in [-0.05, 0) is 24.8 Å². The Kier molecular flexibility index (Phi) is 3.61. The molecule has 20 heavy (non-hydrogen) atoms. The van der Waals surface area contributed by atoms with E-state index < -0.39 is 0 Å². The lowest BCUT2D eigenvalue weighted by Gasteiger charge is -2.01. The largest absolute Gasteiger partial charge is 0.357 e. The van der Waals surface area contributed by atoms with E-state index in [-0.39, 0.29) is 0 Å². The monoisotopic (exact) mass is 305 g/mol. The molecule has 102 valence electrons. The molecule has 3 aromatic rings. The van der Waals surface area contributed by atoms with Gasteiger partial charge in [-0.25, -0.2) is 4.98 Å². The van der Waals surface area contributed by atoms with Gasteiger partial charge >= 0.3 is 0 Å². The third kappa shape index (κ3) is 2.63. The molecule has 0 aliphatic heterocycles. The van der Waals surface area contributed by atoms with E-state index in [4.69, 9.17) is 0 Å². The van der Waals surface area contributed by atoms with Gasteiger partial charge in [0.05, 0.1) is 0 Å². The Hall–Kier alpha value is -2.00. The van der Waals surface area contributed by atoms with E-state index in [1.807, 2.05) is 13.0 Å². The normalized spacial score (nSPS) is 10.8. The van der Waals surface area contributed by atoms with Crippen molar-refractivity contribution in [3.05, 3.63) is 30.7 Å². The third-order valence-electron chi connectivity index (χ3n) is 2.34. The Bertz CT molecular complexity index is 748. The Balaban J connectivity index is 1.87. The number of aromatic nitrogens is 6. The molecule has 0 aromatic carbocycles. The first-order chi connectivity index (χ1) is 9.76. The molecule has 0 radical (unpaired) electrons. The second kappa shape index (κ2) is 5.55. The van der Waals surface area contributed by atoms with Crippen molar-refractivity contribution in [1.29, 1.82) is 0 Å². The number of fused-ring (bicyclic) bond motifs is 1. The molecule has 0 atom stereocenters. The van der Waals surface area contributed by atoms with E-state index in [0.717, 1.165) is 20.2 Å². The van der Waals surface area contributed by atoms with Gasteiger partial charge in [-0.15, -0.1) is 16.8 Å². The van der Waals surface area contributed by atoms with Crippen LogP contribution in [-0.2, 0) is 0 Å². The lowest BCUT2D eigenvalue weighted by atomic mass is 10.5. The van der Waals surface area contributed by atoms with E-state index in [0.29, 0.717) is 12.3 Å². The molecule has 1 N–H and O–H groups in total. The van der Waals surface area contributed by atoms with E-state index in [2.05, 4.69) is 37.2 Å². The second-order valence-electron chi connectivity index (χ2n) is 3.85. The molecule has 3 rings (SSSR count). The third-order valence-corrected chi connectivity index (χ3v) is 4.27. The number of aryl methyl sites for hydroxylation is 1. The molecule has 0 aliphatic rings. The number of hydrogen-bond donors (Lipinski definition) is 1. The van der Waals surface area contributed by atoms with E-state index in [1.54, 1.807) is 10.6 Å². The number of rotatable bonds is 5. The van der Waals surface area contributed by atoms with Crippen LogP contribution in [0.4, 0.5) is 5.13 Å². The zero-order chi connectivity index (χ0) is 13.9. The highest BCUT2D eigenvalue weighted by molar-refractivity contribution is 8.01. The second-order valence-corrected chi connectivity index (χ2v) is 6.10. The van der Waals surface area contributed by atoms with Crippen LogP contribution in [0.3, 0.4) is 0 Å². The predicted octanol–water partition coefficient (Wildman–Crippen LogP) is 2.03. The summed E-state index contributed by atoms with van der Waals surface area (Å²) < 4.78 is 2.52. The zero-order valence-corrected chi connectivity index (χ0v) is 12.3.